The van der Waals surface area contributed by atoms with E-state index in [9.17, 15) is 4.79 Å². The van der Waals surface area contributed by atoms with E-state index in [1.165, 1.54) is 12.7 Å². The van der Waals surface area contributed by atoms with Crippen LogP contribution in [0.25, 0.3) is 0 Å². The summed E-state index contributed by atoms with van der Waals surface area (Å²) in [4.78, 5) is 17.1. The summed E-state index contributed by atoms with van der Waals surface area (Å²) in [5.74, 6) is 1.14. The molecule has 2 aliphatic heterocycles. The first-order chi connectivity index (χ1) is 14.5. The van der Waals surface area contributed by atoms with Crippen LogP contribution in [-0.4, -0.2) is 36.5 Å². The predicted molar refractivity (Wildman–Crippen MR) is 122 cm³/mol. The molecule has 164 valence electrons. The highest BCUT2D eigenvalue weighted by atomic mass is 16.5. The molecule has 0 atom stereocenters. The molecule has 0 amide bonds. The lowest BCUT2D eigenvalue weighted by molar-refractivity contribution is 0.0602. The maximum Gasteiger partial charge on any atom is 0.339 e. The molecule has 0 radical (unpaired) electrons. The minimum Gasteiger partial charge on any atom is -0.490 e. The van der Waals surface area contributed by atoms with E-state index in [0.29, 0.717) is 17.9 Å². The number of anilines is 1. The molecule has 0 aliphatic carbocycles. The molecule has 0 aromatic heterocycles. The molecule has 0 saturated heterocycles. The van der Waals surface area contributed by atoms with Gasteiger partial charge in [-0.15, -0.1) is 0 Å². The number of esters is 1. The third-order valence-corrected chi connectivity index (χ3v) is 5.71. The van der Waals surface area contributed by atoms with Crippen LogP contribution in [0.2, 0.25) is 0 Å². The van der Waals surface area contributed by atoms with Crippen LogP contribution in [-0.2, 0) is 17.6 Å². The van der Waals surface area contributed by atoms with Crippen molar-refractivity contribution in [3.05, 3.63) is 52.1 Å². The Morgan fingerprint density at radius 2 is 1.94 bits per heavy atom. The van der Waals surface area contributed by atoms with E-state index < -0.39 is 5.97 Å². The number of carbonyl (C=O) groups is 1. The van der Waals surface area contributed by atoms with Gasteiger partial charge in [0.05, 0.1) is 30.5 Å². The van der Waals surface area contributed by atoms with Gasteiger partial charge in [0.2, 0.25) is 0 Å². The molecule has 0 spiro atoms. The van der Waals surface area contributed by atoms with Gasteiger partial charge in [0.15, 0.2) is 11.5 Å². The molecule has 31 heavy (non-hydrogen) atoms. The Hall–Kier alpha value is -3.02. The molecule has 0 saturated carbocycles. The Kier molecular flexibility index (Phi) is 4.99. The van der Waals surface area contributed by atoms with Gasteiger partial charge >= 0.3 is 5.97 Å². The normalized spacial score (nSPS) is 17.8. The first-order valence-electron chi connectivity index (χ1n) is 10.6. The maximum atomic E-state index is 12.0. The number of ether oxygens (including phenoxy) is 3. The van der Waals surface area contributed by atoms with Crippen molar-refractivity contribution in [2.24, 2.45) is 4.99 Å². The molecule has 2 N–H and O–H groups in total. The lowest BCUT2D eigenvalue weighted by Crippen LogP contribution is -2.30. The first kappa shape index (κ1) is 21.2. The molecular weight excluding hydrogens is 392 g/mol. The van der Waals surface area contributed by atoms with Gasteiger partial charge in [-0.3, -0.25) is 4.99 Å². The Balaban J connectivity index is 1.93. The molecule has 6 heteroatoms. The molecular formula is C25H30N2O4. The fourth-order valence-corrected chi connectivity index (χ4v) is 4.55. The first-order valence-corrected chi connectivity index (χ1v) is 10.6. The second-order valence-electron chi connectivity index (χ2n) is 9.43. The Bertz CT molecular complexity index is 1100. The van der Waals surface area contributed by atoms with Crippen molar-refractivity contribution in [2.45, 2.75) is 58.6 Å². The Labute approximate surface area is 183 Å². The number of hydrogen-bond acceptors (Lipinski definition) is 6. The van der Waals surface area contributed by atoms with Crippen LogP contribution in [0.5, 0.6) is 11.5 Å². The van der Waals surface area contributed by atoms with E-state index in [0.717, 1.165) is 46.7 Å². The van der Waals surface area contributed by atoms with Gasteiger partial charge in [-0.25, -0.2) is 4.79 Å². The molecule has 0 bridgehead atoms. The van der Waals surface area contributed by atoms with Gasteiger partial charge < -0.3 is 19.9 Å². The zero-order valence-corrected chi connectivity index (χ0v) is 19.1. The number of nitrogens with two attached hydrogens (primary N) is 1. The van der Waals surface area contributed by atoms with Crippen molar-refractivity contribution in [3.63, 3.8) is 0 Å². The van der Waals surface area contributed by atoms with Gasteiger partial charge in [0.25, 0.3) is 0 Å². The summed E-state index contributed by atoms with van der Waals surface area (Å²) in [5.41, 5.74) is 11.5. The largest absolute Gasteiger partial charge is 0.490 e. The van der Waals surface area contributed by atoms with Gasteiger partial charge in [0, 0.05) is 28.8 Å². The van der Waals surface area contributed by atoms with Crippen LogP contribution in [0.3, 0.4) is 0 Å². The number of benzene rings is 2. The Morgan fingerprint density at radius 3 is 2.58 bits per heavy atom. The van der Waals surface area contributed by atoms with Crippen LogP contribution < -0.4 is 15.2 Å². The number of hydrogen-bond donors (Lipinski definition) is 1. The minimum atomic E-state index is -0.451. The van der Waals surface area contributed by atoms with Crippen LogP contribution in [0, 0.1) is 0 Å². The molecule has 0 unspecified atom stereocenters. The number of aliphatic imine (C=N–C) groups is 1. The third-order valence-electron chi connectivity index (χ3n) is 5.71. The van der Waals surface area contributed by atoms with Crippen molar-refractivity contribution in [3.8, 4) is 11.5 Å². The smallest absolute Gasteiger partial charge is 0.339 e. The molecule has 2 aromatic carbocycles. The molecule has 2 aromatic rings. The number of methoxy groups -OCH3 is 1. The van der Waals surface area contributed by atoms with Crippen molar-refractivity contribution in [1.29, 1.82) is 0 Å². The number of nitrogen functional groups attached to an aromatic ring is 1. The molecule has 2 aliphatic rings. The summed E-state index contributed by atoms with van der Waals surface area (Å²) in [5, 5.41) is 0. The van der Waals surface area contributed by atoms with Crippen LogP contribution in [0.4, 0.5) is 5.69 Å². The van der Waals surface area contributed by atoms with E-state index >= 15 is 0 Å². The topological polar surface area (TPSA) is 83.1 Å². The van der Waals surface area contributed by atoms with Crippen molar-refractivity contribution >= 4 is 17.4 Å². The second-order valence-corrected chi connectivity index (χ2v) is 9.43. The molecule has 6 nitrogen and oxygen atoms in total. The molecule has 2 heterocycles. The summed E-state index contributed by atoms with van der Waals surface area (Å²) >= 11 is 0. The monoisotopic (exact) mass is 422 g/mol. The minimum absolute atomic E-state index is 0.287. The Morgan fingerprint density at radius 1 is 1.19 bits per heavy atom. The fraction of sp³-hybridized carbons (Fsp3) is 0.440. The summed E-state index contributed by atoms with van der Waals surface area (Å²) in [6.07, 6.45) is 1.57. The van der Waals surface area contributed by atoms with E-state index in [1.807, 2.05) is 13.0 Å². The van der Waals surface area contributed by atoms with E-state index in [1.54, 1.807) is 12.1 Å². The number of carbonyl (C=O) groups excluding carboxylic acids is 1. The summed E-state index contributed by atoms with van der Waals surface area (Å²) in [6, 6.07) is 7.49. The van der Waals surface area contributed by atoms with Crippen molar-refractivity contribution < 1.29 is 19.0 Å². The van der Waals surface area contributed by atoms with Gasteiger partial charge in [-0.1, -0.05) is 6.07 Å². The zero-order valence-electron chi connectivity index (χ0n) is 19.1. The van der Waals surface area contributed by atoms with Gasteiger partial charge in [-0.2, -0.15) is 0 Å². The van der Waals surface area contributed by atoms with E-state index in [-0.39, 0.29) is 11.1 Å². The van der Waals surface area contributed by atoms with E-state index in [2.05, 4.69) is 33.8 Å². The number of fused-ring (bicyclic) bond motifs is 3. The quantitative estimate of drug-likeness (QED) is 0.585. The average Bonchev–Trinajstić information content (AvgIpc) is 3.01. The number of nitrogens with zero attached hydrogens (tertiary/aromatic N) is 1. The van der Waals surface area contributed by atoms with Crippen molar-refractivity contribution in [1.82, 2.24) is 0 Å². The van der Waals surface area contributed by atoms with Crippen LogP contribution >= 0.6 is 0 Å². The summed E-state index contributed by atoms with van der Waals surface area (Å²) < 4.78 is 17.1. The van der Waals surface area contributed by atoms with Crippen LogP contribution in [0.1, 0.15) is 67.2 Å². The predicted octanol–water partition coefficient (Wildman–Crippen LogP) is 4.34. The van der Waals surface area contributed by atoms with Gasteiger partial charge in [0.1, 0.15) is 5.60 Å². The highest BCUT2D eigenvalue weighted by Crippen LogP contribution is 2.48. The highest BCUT2D eigenvalue weighted by Gasteiger charge is 2.39. The highest BCUT2D eigenvalue weighted by molar-refractivity contribution is 6.17. The zero-order chi connectivity index (χ0) is 22.6. The van der Waals surface area contributed by atoms with E-state index in [4.69, 9.17) is 24.9 Å². The lowest BCUT2D eigenvalue weighted by atomic mass is 9.80. The SMILES string of the molecule is CCOc1cc2c(c3c1OC(C)(C)C3)C(c1ccc(C(=O)OC)c(N)c1)=NC(C)(C)C2. The second kappa shape index (κ2) is 7.29. The summed E-state index contributed by atoms with van der Waals surface area (Å²) in [6.45, 7) is 11.0. The molecule has 4 rings (SSSR count). The average molecular weight is 423 g/mol. The fourth-order valence-electron chi connectivity index (χ4n) is 4.55. The van der Waals surface area contributed by atoms with Gasteiger partial charge in [-0.05, 0) is 64.8 Å². The standard InChI is InChI=1S/C25H30N2O4/c1-7-30-19-11-15-12-24(2,3)27-21(20(15)17-13-25(4,5)31-22(17)19)14-8-9-16(18(26)10-14)23(28)29-6/h8-11H,7,12-13,26H2,1-6H3. The third kappa shape index (κ3) is 3.75. The van der Waals surface area contributed by atoms with Crippen LogP contribution in [0.15, 0.2) is 29.3 Å². The number of rotatable bonds is 4. The van der Waals surface area contributed by atoms with Crippen molar-refractivity contribution in [2.75, 3.05) is 19.5 Å². The molecule has 0 fully saturated rings. The lowest BCUT2D eigenvalue weighted by Gasteiger charge is -2.31. The maximum absolute atomic E-state index is 12.0. The summed E-state index contributed by atoms with van der Waals surface area (Å²) in [7, 11) is 1.35.